The number of aromatic nitrogens is 1. The molecule has 0 unspecified atom stereocenters. The van der Waals surface area contributed by atoms with Crippen molar-refractivity contribution < 1.29 is 4.74 Å². The van der Waals surface area contributed by atoms with E-state index in [0.717, 1.165) is 24.4 Å². The summed E-state index contributed by atoms with van der Waals surface area (Å²) in [7, 11) is 2.14. The van der Waals surface area contributed by atoms with Gasteiger partial charge in [0.05, 0.1) is 11.7 Å². The average Bonchev–Trinajstić information content (AvgIpc) is 2.73. The van der Waals surface area contributed by atoms with Crippen LogP contribution in [0.1, 0.15) is 24.6 Å². The molecule has 0 spiro atoms. The second kappa shape index (κ2) is 5.27. The highest BCUT2D eigenvalue weighted by molar-refractivity contribution is 5.30. The fourth-order valence-corrected chi connectivity index (χ4v) is 2.20. The largest absolute Gasteiger partial charge is 0.490 e. The highest BCUT2D eigenvalue weighted by Gasteiger charge is 2.26. The van der Waals surface area contributed by atoms with Gasteiger partial charge in [-0.3, -0.25) is 9.88 Å². The number of ether oxygens (including phenoxy) is 1. The molecule has 4 heteroatoms. The average molecular weight is 221 g/mol. The maximum absolute atomic E-state index is 5.63. The van der Waals surface area contributed by atoms with Gasteiger partial charge in [-0.15, -0.1) is 0 Å². The number of hydrogen-bond donors (Lipinski definition) is 1. The van der Waals surface area contributed by atoms with Crippen LogP contribution in [0.3, 0.4) is 0 Å². The van der Waals surface area contributed by atoms with E-state index in [1.165, 1.54) is 6.42 Å². The highest BCUT2D eigenvalue weighted by Crippen LogP contribution is 2.34. The Morgan fingerprint density at radius 3 is 3.19 bits per heavy atom. The van der Waals surface area contributed by atoms with Crippen LogP contribution in [0.2, 0.25) is 0 Å². The lowest BCUT2D eigenvalue weighted by molar-refractivity contribution is 0.282. The minimum atomic E-state index is 0.397. The van der Waals surface area contributed by atoms with E-state index in [1.54, 1.807) is 0 Å². The van der Waals surface area contributed by atoms with Crippen LogP contribution < -0.4 is 10.5 Å². The number of nitrogens with two attached hydrogens (primary N) is 1. The van der Waals surface area contributed by atoms with E-state index in [1.807, 2.05) is 18.3 Å². The minimum Gasteiger partial charge on any atom is -0.490 e. The Morgan fingerprint density at radius 1 is 1.62 bits per heavy atom. The quantitative estimate of drug-likeness (QED) is 0.829. The lowest BCUT2D eigenvalue weighted by Gasteiger charge is -2.21. The Morgan fingerprint density at radius 2 is 2.50 bits per heavy atom. The van der Waals surface area contributed by atoms with Gasteiger partial charge < -0.3 is 10.5 Å². The van der Waals surface area contributed by atoms with Crippen molar-refractivity contribution in [3.63, 3.8) is 0 Å². The molecular weight excluding hydrogens is 202 g/mol. The van der Waals surface area contributed by atoms with Crippen molar-refractivity contribution in [1.82, 2.24) is 9.88 Å². The summed E-state index contributed by atoms with van der Waals surface area (Å²) in [5, 5.41) is 0. The maximum Gasteiger partial charge on any atom is 0.142 e. The summed E-state index contributed by atoms with van der Waals surface area (Å²) in [6.07, 6.45) is 4.22. The van der Waals surface area contributed by atoms with E-state index in [0.29, 0.717) is 19.2 Å². The molecule has 1 aromatic heterocycles. The van der Waals surface area contributed by atoms with Crippen molar-refractivity contribution in [2.24, 2.45) is 5.73 Å². The van der Waals surface area contributed by atoms with Gasteiger partial charge in [0.2, 0.25) is 0 Å². The Balaban J connectivity index is 2.18. The molecule has 1 fully saturated rings. The van der Waals surface area contributed by atoms with Gasteiger partial charge in [-0.1, -0.05) is 0 Å². The zero-order valence-corrected chi connectivity index (χ0v) is 9.72. The molecule has 0 aliphatic carbocycles. The number of likely N-dealkylation sites (tertiary alicyclic amines) is 1. The SMILES string of the molecule is CN1CCC[C@H]1c1ncccc1OCCN. The number of hydrogen-bond acceptors (Lipinski definition) is 4. The molecule has 1 aliphatic heterocycles. The van der Waals surface area contributed by atoms with Crippen LogP contribution in [0.5, 0.6) is 5.75 Å². The van der Waals surface area contributed by atoms with Crippen LogP contribution in [0.15, 0.2) is 18.3 Å². The highest BCUT2D eigenvalue weighted by atomic mass is 16.5. The van der Waals surface area contributed by atoms with Gasteiger partial charge in [0, 0.05) is 12.7 Å². The Kier molecular flexibility index (Phi) is 3.74. The molecule has 2 rings (SSSR count). The van der Waals surface area contributed by atoms with Crippen LogP contribution in [0.25, 0.3) is 0 Å². The van der Waals surface area contributed by atoms with Crippen LogP contribution >= 0.6 is 0 Å². The first-order valence-corrected chi connectivity index (χ1v) is 5.81. The molecule has 0 radical (unpaired) electrons. The molecule has 0 amide bonds. The van der Waals surface area contributed by atoms with E-state index in [2.05, 4.69) is 16.9 Å². The number of rotatable bonds is 4. The lowest BCUT2D eigenvalue weighted by atomic mass is 10.1. The topological polar surface area (TPSA) is 51.4 Å². The van der Waals surface area contributed by atoms with Crippen molar-refractivity contribution in [2.75, 3.05) is 26.7 Å². The third-order valence-electron chi connectivity index (χ3n) is 3.01. The van der Waals surface area contributed by atoms with E-state index >= 15 is 0 Å². The number of pyridine rings is 1. The standard InChI is InChI=1S/C12H19N3O/c1-15-8-3-4-10(15)12-11(16-9-6-13)5-2-7-14-12/h2,5,7,10H,3-4,6,8-9,13H2,1H3/t10-/m0/s1. The summed E-state index contributed by atoms with van der Waals surface area (Å²) >= 11 is 0. The summed E-state index contributed by atoms with van der Waals surface area (Å²) in [4.78, 5) is 6.79. The van der Waals surface area contributed by atoms with E-state index in [4.69, 9.17) is 10.5 Å². The van der Waals surface area contributed by atoms with Crippen molar-refractivity contribution >= 4 is 0 Å². The fourth-order valence-electron chi connectivity index (χ4n) is 2.20. The predicted octanol–water partition coefficient (Wildman–Crippen LogP) is 1.19. The van der Waals surface area contributed by atoms with Crippen LogP contribution in [-0.2, 0) is 0 Å². The summed E-state index contributed by atoms with van der Waals surface area (Å²) in [5.41, 5.74) is 6.50. The van der Waals surface area contributed by atoms with Gasteiger partial charge in [0.15, 0.2) is 0 Å². The molecular formula is C12H19N3O. The van der Waals surface area contributed by atoms with Gasteiger partial charge in [0.1, 0.15) is 12.4 Å². The smallest absolute Gasteiger partial charge is 0.142 e. The van der Waals surface area contributed by atoms with Gasteiger partial charge in [0.25, 0.3) is 0 Å². The van der Waals surface area contributed by atoms with E-state index in [9.17, 15) is 0 Å². The monoisotopic (exact) mass is 221 g/mol. The third-order valence-corrected chi connectivity index (χ3v) is 3.01. The molecule has 0 saturated carbocycles. The zero-order valence-electron chi connectivity index (χ0n) is 9.72. The normalized spacial score (nSPS) is 21.2. The van der Waals surface area contributed by atoms with Crippen molar-refractivity contribution in [2.45, 2.75) is 18.9 Å². The first-order valence-electron chi connectivity index (χ1n) is 5.81. The van der Waals surface area contributed by atoms with Gasteiger partial charge in [-0.05, 0) is 38.6 Å². The molecule has 16 heavy (non-hydrogen) atoms. The van der Waals surface area contributed by atoms with E-state index in [-0.39, 0.29) is 0 Å². The van der Waals surface area contributed by atoms with Crippen molar-refractivity contribution in [3.8, 4) is 5.75 Å². The fraction of sp³-hybridized carbons (Fsp3) is 0.583. The van der Waals surface area contributed by atoms with Gasteiger partial charge in [-0.2, -0.15) is 0 Å². The van der Waals surface area contributed by atoms with Crippen molar-refractivity contribution in [3.05, 3.63) is 24.0 Å². The second-order valence-corrected chi connectivity index (χ2v) is 4.16. The van der Waals surface area contributed by atoms with Crippen molar-refractivity contribution in [1.29, 1.82) is 0 Å². The third kappa shape index (κ3) is 2.33. The second-order valence-electron chi connectivity index (χ2n) is 4.16. The molecule has 1 atom stereocenters. The van der Waals surface area contributed by atoms with Crippen LogP contribution in [0.4, 0.5) is 0 Å². The van der Waals surface area contributed by atoms with Gasteiger partial charge in [-0.25, -0.2) is 0 Å². The Hall–Kier alpha value is -1.13. The Labute approximate surface area is 96.4 Å². The first kappa shape index (κ1) is 11.4. The molecule has 2 N–H and O–H groups in total. The molecule has 2 heterocycles. The molecule has 1 aromatic rings. The van der Waals surface area contributed by atoms with Crippen LogP contribution in [-0.4, -0.2) is 36.6 Å². The molecule has 88 valence electrons. The molecule has 4 nitrogen and oxygen atoms in total. The van der Waals surface area contributed by atoms with E-state index < -0.39 is 0 Å². The first-order chi connectivity index (χ1) is 7.83. The Bertz CT molecular complexity index is 343. The predicted molar refractivity (Wildman–Crippen MR) is 63.4 cm³/mol. The summed E-state index contributed by atoms with van der Waals surface area (Å²) in [6.45, 7) is 2.22. The summed E-state index contributed by atoms with van der Waals surface area (Å²) < 4.78 is 5.63. The molecule has 1 aliphatic rings. The molecule has 0 aromatic carbocycles. The molecule has 0 bridgehead atoms. The van der Waals surface area contributed by atoms with Gasteiger partial charge >= 0.3 is 0 Å². The van der Waals surface area contributed by atoms with Crippen LogP contribution in [0, 0.1) is 0 Å². The minimum absolute atomic E-state index is 0.397. The molecule has 1 saturated heterocycles. The number of nitrogens with zero attached hydrogens (tertiary/aromatic N) is 2. The zero-order chi connectivity index (χ0) is 11.4. The lowest BCUT2D eigenvalue weighted by Crippen LogP contribution is -2.20. The summed E-state index contributed by atoms with van der Waals surface area (Å²) in [6, 6.07) is 4.28. The summed E-state index contributed by atoms with van der Waals surface area (Å²) in [5.74, 6) is 0.881. The maximum atomic E-state index is 5.63.